The predicted molar refractivity (Wildman–Crippen MR) is 66.5 cm³/mol. The summed E-state index contributed by atoms with van der Waals surface area (Å²) in [5.41, 5.74) is 1.10. The van der Waals surface area contributed by atoms with Gasteiger partial charge < -0.3 is 10.2 Å². The van der Waals surface area contributed by atoms with Crippen molar-refractivity contribution in [2.75, 3.05) is 19.6 Å². The lowest BCUT2D eigenvalue weighted by molar-refractivity contribution is -0.133. The van der Waals surface area contributed by atoms with Crippen molar-refractivity contribution in [1.82, 2.24) is 15.2 Å². The first-order valence-electron chi connectivity index (χ1n) is 6.10. The third kappa shape index (κ3) is 3.05. The molecule has 1 fully saturated rings. The van der Waals surface area contributed by atoms with E-state index in [-0.39, 0.29) is 11.9 Å². The summed E-state index contributed by atoms with van der Waals surface area (Å²) in [7, 11) is 0. The zero-order chi connectivity index (χ0) is 12.8. The van der Waals surface area contributed by atoms with Gasteiger partial charge in [0.25, 0.3) is 0 Å². The molecule has 0 saturated carbocycles. The van der Waals surface area contributed by atoms with Gasteiger partial charge in [0.15, 0.2) is 0 Å². The van der Waals surface area contributed by atoms with Gasteiger partial charge in [-0.15, -0.1) is 0 Å². The molecule has 94 valence electrons. The third-order valence-electron chi connectivity index (χ3n) is 3.09. The van der Waals surface area contributed by atoms with Crippen LogP contribution in [0.5, 0.6) is 0 Å². The number of carbonyl (C=O) groups is 1. The molecule has 1 saturated heterocycles. The van der Waals surface area contributed by atoms with Gasteiger partial charge in [0.05, 0.1) is 6.07 Å². The summed E-state index contributed by atoms with van der Waals surface area (Å²) >= 11 is 0. The number of pyridine rings is 1. The van der Waals surface area contributed by atoms with E-state index >= 15 is 0 Å². The molecule has 0 aliphatic carbocycles. The van der Waals surface area contributed by atoms with Crippen molar-refractivity contribution in [3.05, 3.63) is 30.1 Å². The summed E-state index contributed by atoms with van der Waals surface area (Å²) in [4.78, 5) is 17.7. The van der Waals surface area contributed by atoms with Crippen LogP contribution >= 0.6 is 0 Å². The van der Waals surface area contributed by atoms with E-state index < -0.39 is 0 Å². The van der Waals surface area contributed by atoms with Crippen LogP contribution < -0.4 is 5.32 Å². The quantitative estimate of drug-likeness (QED) is 0.832. The Bertz CT molecular complexity index is 440. The summed E-state index contributed by atoms with van der Waals surface area (Å²) in [6, 6.07) is 5.65. The Kier molecular flexibility index (Phi) is 4.26. The van der Waals surface area contributed by atoms with Gasteiger partial charge in [-0.05, 0) is 24.1 Å². The van der Waals surface area contributed by atoms with E-state index in [0.29, 0.717) is 25.9 Å². The number of nitrogens with zero attached hydrogens (tertiary/aromatic N) is 3. The molecule has 1 atom stereocenters. The van der Waals surface area contributed by atoms with Gasteiger partial charge in [-0.3, -0.25) is 9.78 Å². The number of rotatable bonds is 3. The molecule has 1 N–H and O–H groups in total. The average molecular weight is 244 g/mol. The predicted octanol–water partition coefficient (Wildman–Crippen LogP) is 0.338. The molecular weight excluding hydrogens is 228 g/mol. The lowest BCUT2D eigenvalue weighted by Gasteiger charge is -2.32. The smallest absolute Gasteiger partial charge is 0.224 e. The number of nitriles is 1. The molecule has 0 spiro atoms. The number of piperazine rings is 1. The van der Waals surface area contributed by atoms with Crippen LogP contribution in [0.3, 0.4) is 0 Å². The first-order valence-corrected chi connectivity index (χ1v) is 6.10. The van der Waals surface area contributed by atoms with Crippen molar-refractivity contribution in [1.29, 1.82) is 5.26 Å². The van der Waals surface area contributed by atoms with E-state index in [4.69, 9.17) is 5.26 Å². The SMILES string of the molecule is N#CC1CNCCN1C(=O)CCc1ccncc1. The van der Waals surface area contributed by atoms with Crippen LogP contribution in [-0.4, -0.2) is 41.5 Å². The Morgan fingerprint density at radius 1 is 1.56 bits per heavy atom. The van der Waals surface area contributed by atoms with Crippen LogP contribution in [0.25, 0.3) is 0 Å². The molecule has 0 radical (unpaired) electrons. The molecule has 5 heteroatoms. The molecule has 2 heterocycles. The van der Waals surface area contributed by atoms with E-state index in [1.54, 1.807) is 17.3 Å². The van der Waals surface area contributed by atoms with Gasteiger partial charge in [-0.25, -0.2) is 0 Å². The van der Waals surface area contributed by atoms with E-state index in [2.05, 4.69) is 16.4 Å². The highest BCUT2D eigenvalue weighted by Gasteiger charge is 2.25. The minimum absolute atomic E-state index is 0.0554. The van der Waals surface area contributed by atoms with Crippen LogP contribution in [0.1, 0.15) is 12.0 Å². The topological polar surface area (TPSA) is 69.0 Å². The molecule has 1 amide bonds. The fraction of sp³-hybridized carbons (Fsp3) is 0.462. The van der Waals surface area contributed by atoms with Gasteiger partial charge in [0.1, 0.15) is 6.04 Å². The van der Waals surface area contributed by atoms with E-state index in [9.17, 15) is 4.79 Å². The second kappa shape index (κ2) is 6.12. The van der Waals surface area contributed by atoms with Crippen molar-refractivity contribution >= 4 is 5.91 Å². The van der Waals surface area contributed by atoms with E-state index in [1.807, 2.05) is 12.1 Å². The minimum Gasteiger partial charge on any atom is -0.324 e. The molecule has 1 unspecified atom stereocenters. The number of nitrogens with one attached hydrogen (secondary N) is 1. The summed E-state index contributed by atoms with van der Waals surface area (Å²) in [6.45, 7) is 1.95. The van der Waals surface area contributed by atoms with Crippen molar-refractivity contribution < 1.29 is 4.79 Å². The van der Waals surface area contributed by atoms with Crippen LogP contribution in [0.15, 0.2) is 24.5 Å². The summed E-state index contributed by atoms with van der Waals surface area (Å²) in [5, 5.41) is 12.1. The largest absolute Gasteiger partial charge is 0.324 e. The van der Waals surface area contributed by atoms with Crippen LogP contribution in [-0.2, 0) is 11.2 Å². The number of amides is 1. The molecule has 5 nitrogen and oxygen atoms in total. The maximum absolute atomic E-state index is 12.1. The highest BCUT2D eigenvalue weighted by Crippen LogP contribution is 2.08. The van der Waals surface area contributed by atoms with Crippen molar-refractivity contribution in [2.45, 2.75) is 18.9 Å². The molecule has 1 aromatic heterocycles. The van der Waals surface area contributed by atoms with Crippen molar-refractivity contribution in [3.8, 4) is 6.07 Å². The van der Waals surface area contributed by atoms with Gasteiger partial charge >= 0.3 is 0 Å². The maximum atomic E-state index is 12.1. The first-order chi connectivity index (χ1) is 8.81. The Morgan fingerprint density at radius 2 is 2.33 bits per heavy atom. The maximum Gasteiger partial charge on any atom is 0.224 e. The first kappa shape index (κ1) is 12.5. The Labute approximate surface area is 106 Å². The van der Waals surface area contributed by atoms with Crippen molar-refractivity contribution in [2.24, 2.45) is 0 Å². The molecule has 0 bridgehead atoms. The van der Waals surface area contributed by atoms with Gasteiger partial charge in [-0.2, -0.15) is 5.26 Å². The Hall–Kier alpha value is -1.93. The van der Waals surface area contributed by atoms with Crippen LogP contribution in [0, 0.1) is 11.3 Å². The summed E-state index contributed by atoms with van der Waals surface area (Å²) < 4.78 is 0. The molecule has 1 aliphatic rings. The van der Waals surface area contributed by atoms with E-state index in [0.717, 1.165) is 12.1 Å². The molecule has 1 aromatic rings. The number of carbonyl (C=O) groups excluding carboxylic acids is 1. The highest BCUT2D eigenvalue weighted by atomic mass is 16.2. The number of hydrogen-bond acceptors (Lipinski definition) is 4. The zero-order valence-corrected chi connectivity index (χ0v) is 10.2. The normalized spacial score (nSPS) is 19.3. The highest BCUT2D eigenvalue weighted by molar-refractivity contribution is 5.77. The monoisotopic (exact) mass is 244 g/mol. The molecular formula is C13H16N4O. The fourth-order valence-corrected chi connectivity index (χ4v) is 2.06. The standard InChI is InChI=1S/C13H16N4O/c14-9-12-10-16-7-8-17(12)13(18)2-1-11-3-5-15-6-4-11/h3-6,12,16H,1-2,7-8,10H2. The minimum atomic E-state index is -0.330. The second-order valence-electron chi connectivity index (χ2n) is 4.29. The van der Waals surface area contributed by atoms with Crippen molar-refractivity contribution in [3.63, 3.8) is 0 Å². The summed E-state index contributed by atoms with van der Waals surface area (Å²) in [5.74, 6) is 0.0554. The molecule has 0 aromatic carbocycles. The average Bonchev–Trinajstić information content (AvgIpc) is 2.45. The Morgan fingerprint density at radius 3 is 3.06 bits per heavy atom. The number of aryl methyl sites for hydroxylation is 1. The van der Waals surface area contributed by atoms with Crippen LogP contribution in [0.2, 0.25) is 0 Å². The molecule has 2 rings (SSSR count). The van der Waals surface area contributed by atoms with Gasteiger partial charge in [0, 0.05) is 38.4 Å². The molecule has 1 aliphatic heterocycles. The zero-order valence-electron chi connectivity index (χ0n) is 10.2. The van der Waals surface area contributed by atoms with E-state index in [1.165, 1.54) is 0 Å². The van der Waals surface area contributed by atoms with Gasteiger partial charge in [-0.1, -0.05) is 0 Å². The lowest BCUT2D eigenvalue weighted by atomic mass is 10.1. The third-order valence-corrected chi connectivity index (χ3v) is 3.09. The Balaban J connectivity index is 1.89. The lowest BCUT2D eigenvalue weighted by Crippen LogP contribution is -2.53. The van der Waals surface area contributed by atoms with Gasteiger partial charge in [0.2, 0.25) is 5.91 Å². The number of aromatic nitrogens is 1. The molecule has 18 heavy (non-hydrogen) atoms. The summed E-state index contributed by atoms with van der Waals surface area (Å²) in [6.07, 6.45) is 4.59. The fourth-order valence-electron chi connectivity index (χ4n) is 2.06. The number of hydrogen-bond donors (Lipinski definition) is 1. The second-order valence-corrected chi connectivity index (χ2v) is 4.29. The van der Waals surface area contributed by atoms with Crippen LogP contribution in [0.4, 0.5) is 0 Å².